The van der Waals surface area contributed by atoms with Crippen molar-refractivity contribution in [2.24, 2.45) is 11.7 Å². The molecular formula is C14H20N2O2. The van der Waals surface area contributed by atoms with Crippen LogP contribution in [0.15, 0.2) is 24.3 Å². The fraction of sp³-hybridized carbons (Fsp3) is 0.500. The summed E-state index contributed by atoms with van der Waals surface area (Å²) in [5, 5.41) is 7.39. The summed E-state index contributed by atoms with van der Waals surface area (Å²) >= 11 is 0. The van der Waals surface area contributed by atoms with Crippen LogP contribution in [0, 0.1) is 11.3 Å². The minimum Gasteiger partial charge on any atom is -0.384 e. The van der Waals surface area contributed by atoms with Crippen molar-refractivity contribution in [3.63, 3.8) is 0 Å². The molecule has 1 aromatic carbocycles. The summed E-state index contributed by atoms with van der Waals surface area (Å²) in [7, 11) is 0. The quantitative estimate of drug-likeness (QED) is 0.618. The van der Waals surface area contributed by atoms with Gasteiger partial charge in [0.2, 0.25) is 0 Å². The molecule has 0 saturated carbocycles. The van der Waals surface area contributed by atoms with Crippen LogP contribution in [0.4, 0.5) is 0 Å². The monoisotopic (exact) mass is 248 g/mol. The fourth-order valence-electron chi connectivity index (χ4n) is 2.09. The fourth-order valence-corrected chi connectivity index (χ4v) is 2.09. The first-order valence-corrected chi connectivity index (χ1v) is 6.34. The van der Waals surface area contributed by atoms with E-state index < -0.39 is 0 Å². The van der Waals surface area contributed by atoms with Crippen molar-refractivity contribution in [3.8, 4) is 0 Å². The summed E-state index contributed by atoms with van der Waals surface area (Å²) in [6.07, 6.45) is 2.18. The minimum atomic E-state index is 0.0984. The highest BCUT2D eigenvalue weighted by atomic mass is 16.5. The molecule has 0 bridgehead atoms. The van der Waals surface area contributed by atoms with Gasteiger partial charge in [-0.2, -0.15) is 0 Å². The van der Waals surface area contributed by atoms with Crippen LogP contribution in [0.25, 0.3) is 0 Å². The Morgan fingerprint density at radius 2 is 2.17 bits per heavy atom. The molecule has 0 aliphatic carbocycles. The number of hydrogen-bond acceptors (Lipinski definition) is 3. The van der Waals surface area contributed by atoms with Gasteiger partial charge in [0.15, 0.2) is 0 Å². The number of nitrogen functional groups attached to an aromatic ring is 1. The maximum Gasteiger partial charge on any atom is 0.122 e. The van der Waals surface area contributed by atoms with E-state index in [0.29, 0.717) is 12.5 Å². The van der Waals surface area contributed by atoms with Crippen LogP contribution in [-0.4, -0.2) is 25.7 Å². The molecule has 0 atom stereocenters. The highest BCUT2D eigenvalue weighted by Crippen LogP contribution is 2.15. The molecule has 1 aliphatic rings. The molecular weight excluding hydrogens is 228 g/mol. The van der Waals surface area contributed by atoms with Gasteiger partial charge in [0.05, 0.1) is 13.2 Å². The predicted molar refractivity (Wildman–Crippen MR) is 70.7 cm³/mol. The van der Waals surface area contributed by atoms with E-state index in [1.807, 2.05) is 24.3 Å². The van der Waals surface area contributed by atoms with Gasteiger partial charge in [-0.05, 0) is 30.4 Å². The summed E-state index contributed by atoms with van der Waals surface area (Å²) < 4.78 is 11.0. The second-order valence-corrected chi connectivity index (χ2v) is 4.68. The first-order chi connectivity index (χ1) is 8.75. The van der Waals surface area contributed by atoms with Gasteiger partial charge in [-0.3, -0.25) is 5.41 Å². The second-order valence-electron chi connectivity index (χ2n) is 4.68. The van der Waals surface area contributed by atoms with Crippen LogP contribution in [-0.2, 0) is 16.1 Å². The third-order valence-electron chi connectivity index (χ3n) is 3.20. The number of ether oxygens (including phenoxy) is 2. The summed E-state index contributed by atoms with van der Waals surface area (Å²) in [5.74, 6) is 0.719. The second kappa shape index (κ2) is 6.52. The van der Waals surface area contributed by atoms with Gasteiger partial charge in [-0.1, -0.05) is 18.2 Å². The Bertz CT molecular complexity index is 401. The molecule has 1 saturated heterocycles. The Morgan fingerprint density at radius 3 is 2.89 bits per heavy atom. The van der Waals surface area contributed by atoms with E-state index in [9.17, 15) is 0 Å². The lowest BCUT2D eigenvalue weighted by atomic mass is 10.0. The highest BCUT2D eigenvalue weighted by Gasteiger charge is 2.13. The highest BCUT2D eigenvalue weighted by molar-refractivity contribution is 5.95. The van der Waals surface area contributed by atoms with Gasteiger partial charge in [-0.15, -0.1) is 0 Å². The normalized spacial score (nSPS) is 16.7. The Hall–Kier alpha value is -1.39. The predicted octanol–water partition coefficient (Wildman–Crippen LogP) is 1.91. The summed E-state index contributed by atoms with van der Waals surface area (Å²) in [4.78, 5) is 0. The Morgan fingerprint density at radius 1 is 1.39 bits per heavy atom. The van der Waals surface area contributed by atoms with E-state index >= 15 is 0 Å². The third kappa shape index (κ3) is 3.82. The molecule has 2 rings (SSSR count). The SMILES string of the molecule is N=C(N)c1cccc(COCC2CCOCC2)c1. The lowest BCUT2D eigenvalue weighted by Crippen LogP contribution is -2.20. The molecule has 0 unspecified atom stereocenters. The van der Waals surface area contributed by atoms with Crippen molar-refractivity contribution < 1.29 is 9.47 Å². The molecule has 0 amide bonds. The summed E-state index contributed by atoms with van der Waals surface area (Å²) in [5.41, 5.74) is 7.27. The maximum absolute atomic E-state index is 7.39. The molecule has 1 fully saturated rings. The van der Waals surface area contributed by atoms with Crippen molar-refractivity contribution >= 4 is 5.84 Å². The van der Waals surface area contributed by atoms with Gasteiger partial charge >= 0.3 is 0 Å². The standard InChI is InChI=1S/C14H20N2O2/c15-14(16)13-3-1-2-12(8-13)10-18-9-11-4-6-17-7-5-11/h1-3,8,11H,4-7,9-10H2,(H3,15,16). The van der Waals surface area contributed by atoms with E-state index in [4.69, 9.17) is 20.6 Å². The average molecular weight is 248 g/mol. The van der Waals surface area contributed by atoms with Crippen LogP contribution in [0.3, 0.4) is 0 Å². The summed E-state index contributed by atoms with van der Waals surface area (Å²) in [6.45, 7) is 3.08. The van der Waals surface area contributed by atoms with Gasteiger partial charge < -0.3 is 15.2 Å². The molecule has 4 nitrogen and oxygen atoms in total. The topological polar surface area (TPSA) is 68.3 Å². The van der Waals surface area contributed by atoms with Gasteiger partial charge in [0, 0.05) is 18.8 Å². The first kappa shape index (κ1) is 13.1. The zero-order valence-electron chi connectivity index (χ0n) is 10.5. The zero-order valence-corrected chi connectivity index (χ0v) is 10.5. The van der Waals surface area contributed by atoms with E-state index in [-0.39, 0.29) is 5.84 Å². The zero-order chi connectivity index (χ0) is 12.8. The molecule has 0 spiro atoms. The molecule has 98 valence electrons. The third-order valence-corrected chi connectivity index (χ3v) is 3.20. The van der Waals surface area contributed by atoms with Crippen molar-refractivity contribution in [1.82, 2.24) is 0 Å². The van der Waals surface area contributed by atoms with Gasteiger partial charge in [0.1, 0.15) is 5.84 Å². The lowest BCUT2D eigenvalue weighted by molar-refractivity contribution is 0.0157. The van der Waals surface area contributed by atoms with Crippen LogP contribution >= 0.6 is 0 Å². The van der Waals surface area contributed by atoms with Gasteiger partial charge in [0.25, 0.3) is 0 Å². The Labute approximate surface area is 108 Å². The maximum atomic E-state index is 7.39. The molecule has 0 radical (unpaired) electrons. The van der Waals surface area contributed by atoms with E-state index in [1.54, 1.807) is 0 Å². The molecule has 0 aromatic heterocycles. The number of hydrogen-bond donors (Lipinski definition) is 2. The van der Waals surface area contributed by atoms with Crippen molar-refractivity contribution in [2.45, 2.75) is 19.4 Å². The first-order valence-electron chi connectivity index (χ1n) is 6.34. The largest absolute Gasteiger partial charge is 0.384 e. The molecule has 1 heterocycles. The van der Waals surface area contributed by atoms with Crippen LogP contribution in [0.1, 0.15) is 24.0 Å². The molecule has 1 aromatic rings. The van der Waals surface area contributed by atoms with Gasteiger partial charge in [-0.25, -0.2) is 0 Å². The lowest BCUT2D eigenvalue weighted by Gasteiger charge is -2.21. The van der Waals surface area contributed by atoms with E-state index in [1.165, 1.54) is 0 Å². The minimum absolute atomic E-state index is 0.0984. The molecule has 1 aliphatic heterocycles. The number of nitrogens with one attached hydrogen (secondary N) is 1. The van der Waals surface area contributed by atoms with Crippen molar-refractivity contribution in [2.75, 3.05) is 19.8 Å². The molecule has 3 N–H and O–H groups in total. The number of rotatable bonds is 5. The average Bonchev–Trinajstić information content (AvgIpc) is 2.40. The van der Waals surface area contributed by atoms with Crippen LogP contribution < -0.4 is 5.73 Å². The molecule has 18 heavy (non-hydrogen) atoms. The summed E-state index contributed by atoms with van der Waals surface area (Å²) in [6, 6.07) is 7.65. The molecule has 4 heteroatoms. The van der Waals surface area contributed by atoms with Crippen molar-refractivity contribution in [3.05, 3.63) is 35.4 Å². The Balaban J connectivity index is 1.78. The Kier molecular flexibility index (Phi) is 4.73. The van der Waals surface area contributed by atoms with Crippen molar-refractivity contribution in [1.29, 1.82) is 5.41 Å². The van der Waals surface area contributed by atoms with Crippen LogP contribution in [0.5, 0.6) is 0 Å². The van der Waals surface area contributed by atoms with Crippen LogP contribution in [0.2, 0.25) is 0 Å². The smallest absolute Gasteiger partial charge is 0.122 e. The number of nitrogens with two attached hydrogens (primary N) is 1. The van der Waals surface area contributed by atoms with E-state index in [0.717, 1.165) is 43.8 Å². The van der Waals surface area contributed by atoms with E-state index in [2.05, 4.69) is 0 Å². The number of amidine groups is 1. The number of benzene rings is 1.